The van der Waals surface area contributed by atoms with Gasteiger partial charge in [0.1, 0.15) is 0 Å². The van der Waals surface area contributed by atoms with Crippen LogP contribution in [-0.2, 0) is 16.1 Å². The van der Waals surface area contributed by atoms with Crippen LogP contribution in [0.2, 0.25) is 0 Å². The molecule has 0 saturated carbocycles. The van der Waals surface area contributed by atoms with E-state index >= 15 is 0 Å². The van der Waals surface area contributed by atoms with Crippen LogP contribution < -0.4 is 11.3 Å². The second-order valence-electron chi connectivity index (χ2n) is 6.02. The Morgan fingerprint density at radius 2 is 1.81 bits per heavy atom. The minimum atomic E-state index is -0.442. The van der Waals surface area contributed by atoms with Crippen molar-refractivity contribution in [2.75, 3.05) is 0 Å². The van der Waals surface area contributed by atoms with E-state index in [4.69, 9.17) is 5.84 Å². The summed E-state index contributed by atoms with van der Waals surface area (Å²) in [5.41, 5.74) is 2.73. The highest BCUT2D eigenvalue weighted by Gasteiger charge is 2.37. The third-order valence-corrected chi connectivity index (χ3v) is 3.58. The molecule has 6 nitrogen and oxygen atoms in total. The monoisotopic (exact) mass is 289 g/mol. The van der Waals surface area contributed by atoms with Crippen molar-refractivity contribution >= 4 is 17.7 Å². The van der Waals surface area contributed by atoms with Crippen molar-refractivity contribution < 1.29 is 14.4 Å². The maximum absolute atomic E-state index is 12.2. The van der Waals surface area contributed by atoms with Crippen molar-refractivity contribution in [1.82, 2.24) is 10.3 Å². The Morgan fingerprint density at radius 3 is 2.38 bits per heavy atom. The van der Waals surface area contributed by atoms with Gasteiger partial charge in [0.25, 0.3) is 5.91 Å². The average molecular weight is 289 g/mol. The Labute approximate surface area is 123 Å². The van der Waals surface area contributed by atoms with E-state index in [-0.39, 0.29) is 23.8 Å². The third kappa shape index (κ3) is 3.28. The molecule has 3 amide bonds. The van der Waals surface area contributed by atoms with Crippen LogP contribution in [0.4, 0.5) is 0 Å². The molecule has 1 heterocycles. The average Bonchev–Trinajstić information content (AvgIpc) is 2.41. The van der Waals surface area contributed by atoms with Gasteiger partial charge in [0, 0.05) is 18.4 Å². The van der Waals surface area contributed by atoms with Crippen LogP contribution in [0.5, 0.6) is 0 Å². The van der Waals surface area contributed by atoms with Crippen molar-refractivity contribution in [3.63, 3.8) is 0 Å². The highest BCUT2D eigenvalue weighted by atomic mass is 16.2. The van der Waals surface area contributed by atoms with Gasteiger partial charge in [0.05, 0.1) is 6.54 Å². The zero-order valence-corrected chi connectivity index (χ0v) is 12.2. The Hall–Kier alpha value is -2.21. The molecule has 0 spiro atoms. The molecular formula is C15H19N3O3. The number of hydrogen-bond donors (Lipinski definition) is 2. The van der Waals surface area contributed by atoms with E-state index in [9.17, 15) is 14.4 Å². The number of nitrogen functional groups attached to an aromatic ring is 1. The first-order valence-corrected chi connectivity index (χ1v) is 6.76. The summed E-state index contributed by atoms with van der Waals surface area (Å²) in [5, 5.41) is 0. The molecule has 3 N–H and O–H groups in total. The number of hydrogen-bond acceptors (Lipinski definition) is 4. The predicted octanol–water partition coefficient (Wildman–Crippen LogP) is 0.965. The van der Waals surface area contributed by atoms with Gasteiger partial charge in [-0.3, -0.25) is 24.7 Å². The van der Waals surface area contributed by atoms with Crippen LogP contribution in [0.25, 0.3) is 0 Å². The predicted molar refractivity (Wildman–Crippen MR) is 76.7 cm³/mol. The van der Waals surface area contributed by atoms with Gasteiger partial charge in [-0.1, -0.05) is 32.0 Å². The zero-order valence-electron chi connectivity index (χ0n) is 12.2. The van der Waals surface area contributed by atoms with Crippen LogP contribution in [-0.4, -0.2) is 22.6 Å². The van der Waals surface area contributed by atoms with Gasteiger partial charge in [-0.25, -0.2) is 5.84 Å². The minimum absolute atomic E-state index is 0.0946. The molecule has 1 aromatic rings. The molecule has 0 radical (unpaired) electrons. The number of benzene rings is 1. The van der Waals surface area contributed by atoms with Crippen molar-refractivity contribution in [3.8, 4) is 0 Å². The second-order valence-corrected chi connectivity index (χ2v) is 6.02. The summed E-state index contributed by atoms with van der Waals surface area (Å²) >= 11 is 0. The van der Waals surface area contributed by atoms with Gasteiger partial charge in [0.15, 0.2) is 0 Å². The maximum atomic E-state index is 12.2. The number of carbonyl (C=O) groups excluding carboxylic acids is 3. The summed E-state index contributed by atoms with van der Waals surface area (Å²) in [5.74, 6) is 4.29. The number of nitrogens with one attached hydrogen (secondary N) is 1. The Kier molecular flexibility index (Phi) is 4.09. The highest BCUT2D eigenvalue weighted by Crippen LogP contribution is 2.32. The van der Waals surface area contributed by atoms with E-state index in [1.165, 1.54) is 4.90 Å². The van der Waals surface area contributed by atoms with Crippen molar-refractivity contribution in [2.24, 2.45) is 11.3 Å². The lowest BCUT2D eigenvalue weighted by molar-refractivity contribution is -0.153. The van der Waals surface area contributed by atoms with Crippen molar-refractivity contribution in [3.05, 3.63) is 35.4 Å². The molecule has 1 aliphatic heterocycles. The first kappa shape index (κ1) is 15.2. The van der Waals surface area contributed by atoms with E-state index in [0.29, 0.717) is 24.0 Å². The minimum Gasteiger partial charge on any atom is -0.290 e. The summed E-state index contributed by atoms with van der Waals surface area (Å²) < 4.78 is 0. The maximum Gasteiger partial charge on any atom is 0.265 e. The van der Waals surface area contributed by atoms with Gasteiger partial charge in [0.2, 0.25) is 11.8 Å². The Morgan fingerprint density at radius 1 is 1.24 bits per heavy atom. The van der Waals surface area contributed by atoms with E-state index in [0.717, 1.165) is 0 Å². The van der Waals surface area contributed by atoms with Crippen LogP contribution in [0.15, 0.2) is 24.3 Å². The van der Waals surface area contributed by atoms with Gasteiger partial charge in [-0.05, 0) is 17.0 Å². The lowest BCUT2D eigenvalue weighted by Crippen LogP contribution is -2.45. The van der Waals surface area contributed by atoms with E-state index in [1.807, 2.05) is 13.8 Å². The van der Waals surface area contributed by atoms with E-state index < -0.39 is 5.91 Å². The number of amides is 3. The summed E-state index contributed by atoms with van der Waals surface area (Å²) in [7, 11) is 0. The first-order chi connectivity index (χ1) is 9.84. The molecule has 21 heavy (non-hydrogen) atoms. The number of nitrogens with two attached hydrogens (primary N) is 1. The van der Waals surface area contributed by atoms with Crippen LogP contribution in [0.3, 0.4) is 0 Å². The van der Waals surface area contributed by atoms with Crippen molar-refractivity contribution in [1.29, 1.82) is 0 Å². The standard InChI is InChI=1S/C15H19N3O3/c1-15(2)7-12(19)18(13(20)8-15)9-10-5-3-4-6-11(10)14(21)17-16/h3-6H,7-9,16H2,1-2H3,(H,17,21). The molecule has 2 rings (SSSR count). The zero-order chi connectivity index (χ0) is 15.6. The molecule has 0 bridgehead atoms. The van der Waals surface area contributed by atoms with Gasteiger partial charge >= 0.3 is 0 Å². The first-order valence-electron chi connectivity index (χ1n) is 6.76. The molecule has 1 aromatic carbocycles. The SMILES string of the molecule is CC1(C)CC(=O)N(Cc2ccccc2C(=O)NN)C(=O)C1. The number of hydrazine groups is 1. The fourth-order valence-corrected chi connectivity index (χ4v) is 2.52. The molecule has 1 saturated heterocycles. The lowest BCUT2D eigenvalue weighted by atomic mass is 9.81. The molecule has 112 valence electrons. The molecule has 1 aliphatic rings. The fraction of sp³-hybridized carbons (Fsp3) is 0.400. The topological polar surface area (TPSA) is 92.5 Å². The van der Waals surface area contributed by atoms with E-state index in [2.05, 4.69) is 5.43 Å². The summed E-state index contributed by atoms with van der Waals surface area (Å²) in [6, 6.07) is 6.79. The lowest BCUT2D eigenvalue weighted by Gasteiger charge is -2.34. The summed E-state index contributed by atoms with van der Waals surface area (Å²) in [6.45, 7) is 3.89. The number of piperidine rings is 1. The molecule has 1 fully saturated rings. The molecule has 0 unspecified atom stereocenters. The number of imide groups is 1. The molecule has 6 heteroatoms. The Bertz CT molecular complexity index is 576. The van der Waals surface area contributed by atoms with E-state index in [1.54, 1.807) is 24.3 Å². The smallest absolute Gasteiger partial charge is 0.265 e. The van der Waals surface area contributed by atoms with Gasteiger partial charge in [-0.2, -0.15) is 0 Å². The molecule has 0 aromatic heterocycles. The quantitative estimate of drug-likeness (QED) is 0.375. The van der Waals surface area contributed by atoms with Crippen LogP contribution >= 0.6 is 0 Å². The number of carbonyl (C=O) groups is 3. The van der Waals surface area contributed by atoms with Crippen LogP contribution in [0.1, 0.15) is 42.6 Å². The highest BCUT2D eigenvalue weighted by molar-refractivity contribution is 5.99. The van der Waals surface area contributed by atoms with Gasteiger partial charge in [-0.15, -0.1) is 0 Å². The van der Waals surface area contributed by atoms with Crippen molar-refractivity contribution in [2.45, 2.75) is 33.2 Å². The number of nitrogens with zero attached hydrogens (tertiary/aromatic N) is 1. The summed E-state index contributed by atoms with van der Waals surface area (Å²) in [6.07, 6.45) is 0.647. The third-order valence-electron chi connectivity index (χ3n) is 3.58. The van der Waals surface area contributed by atoms with Gasteiger partial charge < -0.3 is 0 Å². The normalized spacial score (nSPS) is 17.8. The molecular weight excluding hydrogens is 270 g/mol. The second kappa shape index (κ2) is 5.65. The Balaban J connectivity index is 2.25. The fourth-order valence-electron chi connectivity index (χ4n) is 2.52. The number of likely N-dealkylation sites (tertiary alicyclic amines) is 1. The van der Waals surface area contributed by atoms with Crippen LogP contribution in [0, 0.1) is 5.41 Å². The largest absolute Gasteiger partial charge is 0.290 e. The molecule has 0 aliphatic carbocycles. The number of rotatable bonds is 3. The summed E-state index contributed by atoms with van der Waals surface area (Å²) in [4.78, 5) is 37.2. The molecule has 0 atom stereocenters.